The lowest BCUT2D eigenvalue weighted by molar-refractivity contribution is 0.0996. The zero-order valence-electron chi connectivity index (χ0n) is 23.9. The zero-order valence-corrected chi connectivity index (χ0v) is 24.7. The van der Waals surface area contributed by atoms with Gasteiger partial charge in [-0.3, -0.25) is 20.2 Å². The number of benzene rings is 3. The van der Waals surface area contributed by atoms with Crippen LogP contribution in [0.15, 0.2) is 79.0 Å². The highest BCUT2D eigenvalue weighted by molar-refractivity contribution is 6.34. The van der Waals surface area contributed by atoms with Gasteiger partial charge in [0.25, 0.3) is 5.91 Å². The largest absolute Gasteiger partial charge is 0.488 e. The number of halogens is 1. The van der Waals surface area contributed by atoms with Crippen molar-refractivity contribution in [3.63, 3.8) is 0 Å². The van der Waals surface area contributed by atoms with Crippen LogP contribution in [0.25, 0.3) is 10.9 Å². The number of hydrogen-bond acceptors (Lipinski definition) is 6. The van der Waals surface area contributed by atoms with Crippen molar-refractivity contribution in [2.45, 2.75) is 39.2 Å². The summed E-state index contributed by atoms with van der Waals surface area (Å²) >= 11 is 6.48. The Morgan fingerprint density at radius 1 is 1.00 bits per heavy atom. The number of rotatable bonds is 10. The Bertz CT molecular complexity index is 1790. The predicted octanol–water partition coefficient (Wildman–Crippen LogP) is 7.41. The zero-order chi connectivity index (χ0) is 30.6. The van der Waals surface area contributed by atoms with Crippen LogP contribution in [-0.4, -0.2) is 27.1 Å². The average Bonchev–Trinajstić information content (AvgIpc) is 3.47. The van der Waals surface area contributed by atoms with Gasteiger partial charge in [0.1, 0.15) is 29.7 Å². The monoisotopic (exact) mass is 598 g/mol. The van der Waals surface area contributed by atoms with Gasteiger partial charge in [0.2, 0.25) is 0 Å². The Labute approximate surface area is 253 Å². The summed E-state index contributed by atoms with van der Waals surface area (Å²) in [4.78, 5) is 29.3. The van der Waals surface area contributed by atoms with Crippen LogP contribution in [0.3, 0.4) is 0 Å². The van der Waals surface area contributed by atoms with E-state index in [4.69, 9.17) is 26.8 Å². The van der Waals surface area contributed by atoms with Crippen molar-refractivity contribution in [3.05, 3.63) is 101 Å². The van der Waals surface area contributed by atoms with Crippen LogP contribution in [0, 0.1) is 0 Å². The summed E-state index contributed by atoms with van der Waals surface area (Å²) in [5, 5.41) is 13.4. The first-order valence-electron chi connectivity index (χ1n) is 13.6. The van der Waals surface area contributed by atoms with E-state index >= 15 is 0 Å². The second kappa shape index (κ2) is 12.4. The Morgan fingerprint density at radius 3 is 2.51 bits per heavy atom. The second-order valence-corrected chi connectivity index (χ2v) is 10.9. The van der Waals surface area contributed by atoms with Gasteiger partial charge >= 0.3 is 6.03 Å². The third-order valence-electron chi connectivity index (χ3n) is 7.13. The topological polar surface area (TPSA) is 144 Å². The maximum atomic E-state index is 12.6. The number of urea groups is 1. The number of aromatic nitrogens is 3. The summed E-state index contributed by atoms with van der Waals surface area (Å²) in [5.74, 6) is 0.997. The fourth-order valence-corrected chi connectivity index (χ4v) is 4.48. The van der Waals surface area contributed by atoms with Crippen molar-refractivity contribution in [2.75, 3.05) is 10.6 Å². The third-order valence-corrected chi connectivity index (χ3v) is 7.44. The Morgan fingerprint density at radius 2 is 1.79 bits per heavy atom. The summed E-state index contributed by atoms with van der Waals surface area (Å²) in [6.45, 7) is 6.51. The van der Waals surface area contributed by atoms with Crippen LogP contribution in [0.2, 0.25) is 5.02 Å². The lowest BCUT2D eigenvalue weighted by atomic mass is 9.87. The molecule has 220 valence electrons. The smallest absolute Gasteiger partial charge is 0.324 e. The molecular weight excluding hydrogens is 568 g/mol. The number of primary amides is 1. The molecule has 0 aliphatic carbocycles. The van der Waals surface area contributed by atoms with Crippen molar-refractivity contribution >= 4 is 45.9 Å². The predicted molar refractivity (Wildman–Crippen MR) is 167 cm³/mol. The number of nitrogens with one attached hydrogen (secondary N) is 3. The van der Waals surface area contributed by atoms with Crippen LogP contribution >= 0.6 is 11.6 Å². The summed E-state index contributed by atoms with van der Waals surface area (Å²) in [6, 6.07) is 20.7. The highest BCUT2D eigenvalue weighted by Crippen LogP contribution is 2.35. The number of nitrogens with two attached hydrogens (primary N) is 1. The van der Waals surface area contributed by atoms with Crippen LogP contribution < -0.4 is 25.8 Å². The van der Waals surface area contributed by atoms with Crippen molar-refractivity contribution in [1.82, 2.24) is 15.2 Å². The van der Waals surface area contributed by atoms with Crippen LogP contribution in [0.4, 0.5) is 16.3 Å². The lowest BCUT2D eigenvalue weighted by Gasteiger charge is -2.18. The first-order valence-corrected chi connectivity index (χ1v) is 14.0. The van der Waals surface area contributed by atoms with Crippen LogP contribution in [0.5, 0.6) is 17.2 Å². The van der Waals surface area contributed by atoms with E-state index in [9.17, 15) is 9.59 Å². The second-order valence-electron chi connectivity index (χ2n) is 10.5. The molecule has 0 atom stereocenters. The number of ether oxygens (including phenoxy) is 2. The molecule has 5 N–H and O–H groups in total. The summed E-state index contributed by atoms with van der Waals surface area (Å²) in [5.41, 5.74) is 8.51. The molecule has 0 fully saturated rings. The Kier molecular flexibility index (Phi) is 8.49. The van der Waals surface area contributed by atoms with E-state index in [1.807, 2.05) is 36.4 Å². The molecule has 0 aliphatic heterocycles. The van der Waals surface area contributed by atoms with Crippen molar-refractivity contribution in [3.8, 4) is 17.2 Å². The summed E-state index contributed by atoms with van der Waals surface area (Å²) in [6.07, 6.45) is 2.49. The highest BCUT2D eigenvalue weighted by Gasteiger charge is 2.22. The van der Waals surface area contributed by atoms with Gasteiger partial charge in [-0.25, -0.2) is 4.79 Å². The van der Waals surface area contributed by atoms with Crippen LogP contribution in [-0.2, 0) is 12.0 Å². The molecule has 2 heterocycles. The molecule has 0 unspecified atom stereocenters. The Hall–Kier alpha value is -5.09. The minimum absolute atomic E-state index is 0.119. The fourth-order valence-electron chi connectivity index (χ4n) is 4.26. The van der Waals surface area contributed by atoms with Crippen molar-refractivity contribution in [2.24, 2.45) is 5.73 Å². The molecule has 11 heteroatoms. The molecular formula is C32H31ClN6O4. The molecule has 0 saturated carbocycles. The summed E-state index contributed by atoms with van der Waals surface area (Å²) in [7, 11) is 0. The molecule has 2 aromatic heterocycles. The number of aromatic amines is 1. The minimum atomic E-state index is -0.642. The van der Waals surface area contributed by atoms with Gasteiger partial charge in [0, 0.05) is 35.2 Å². The number of carbonyl (C=O) groups excluding carboxylic acids is 2. The van der Waals surface area contributed by atoms with Gasteiger partial charge in [-0.1, -0.05) is 62.7 Å². The van der Waals surface area contributed by atoms with Gasteiger partial charge in [0.15, 0.2) is 0 Å². The molecule has 43 heavy (non-hydrogen) atoms. The van der Waals surface area contributed by atoms with Gasteiger partial charge in [-0.05, 0) is 36.2 Å². The molecule has 5 rings (SSSR count). The van der Waals surface area contributed by atoms with E-state index in [-0.39, 0.29) is 22.6 Å². The molecule has 0 saturated heterocycles. The van der Waals surface area contributed by atoms with Crippen LogP contribution in [0.1, 0.15) is 48.8 Å². The quantitative estimate of drug-likeness (QED) is 0.132. The molecule has 5 aromatic rings. The van der Waals surface area contributed by atoms with E-state index in [1.54, 1.807) is 42.6 Å². The number of carbonyl (C=O) groups is 2. The number of nitrogens with zero attached hydrogens (tertiary/aromatic N) is 2. The Balaban J connectivity index is 1.31. The molecule has 0 aliphatic rings. The number of hydrogen-bond donors (Lipinski definition) is 4. The maximum absolute atomic E-state index is 12.6. The molecule has 0 spiro atoms. The number of fused-ring (bicyclic) bond motifs is 1. The highest BCUT2D eigenvalue weighted by atomic mass is 35.5. The number of H-pyrrole nitrogens is 1. The standard InChI is InChI=1S/C32H31ClN6O4/c1-4-32(2,3)28-17-29(39-38-28)37-31(41)36-24-11-10-20(14-23(24)33)43-26-12-13-35-25-16-27(22(30(34)40)15-21(25)26)42-18-19-8-6-5-7-9-19/h5-17H,4,18H2,1-3H3,(H2,34,40)(H3,36,37,38,39,41). The van der Waals surface area contributed by atoms with Crippen molar-refractivity contribution in [1.29, 1.82) is 0 Å². The molecule has 10 nitrogen and oxygen atoms in total. The summed E-state index contributed by atoms with van der Waals surface area (Å²) < 4.78 is 12.0. The normalized spacial score (nSPS) is 11.3. The molecule has 3 amide bonds. The lowest BCUT2D eigenvalue weighted by Crippen LogP contribution is -2.20. The molecule has 0 radical (unpaired) electrons. The van der Waals surface area contributed by atoms with E-state index in [0.717, 1.165) is 17.7 Å². The van der Waals surface area contributed by atoms with E-state index in [0.29, 0.717) is 39.7 Å². The first kappa shape index (κ1) is 29.4. The van der Waals surface area contributed by atoms with Gasteiger partial charge in [-0.15, -0.1) is 0 Å². The van der Waals surface area contributed by atoms with Gasteiger partial charge in [0.05, 0.1) is 27.5 Å². The maximum Gasteiger partial charge on any atom is 0.324 e. The number of anilines is 2. The third kappa shape index (κ3) is 6.87. The van der Waals surface area contributed by atoms with E-state index < -0.39 is 11.9 Å². The van der Waals surface area contributed by atoms with Crippen molar-refractivity contribution < 1.29 is 19.1 Å². The van der Waals surface area contributed by atoms with Gasteiger partial charge < -0.3 is 20.5 Å². The average molecular weight is 599 g/mol. The SMILES string of the molecule is CCC(C)(C)c1cc(NC(=O)Nc2ccc(Oc3ccnc4cc(OCc5ccccc5)c(C(N)=O)cc34)cc2Cl)[nH]n1. The number of amides is 3. The minimum Gasteiger partial charge on any atom is -0.488 e. The number of pyridine rings is 1. The van der Waals surface area contributed by atoms with E-state index in [1.165, 1.54) is 0 Å². The molecule has 0 bridgehead atoms. The first-order chi connectivity index (χ1) is 20.6. The molecule has 3 aromatic carbocycles. The van der Waals surface area contributed by atoms with Gasteiger partial charge in [-0.2, -0.15) is 5.10 Å². The van der Waals surface area contributed by atoms with E-state index in [2.05, 4.69) is 46.6 Å². The fraction of sp³-hybridized carbons (Fsp3) is 0.188.